The van der Waals surface area contributed by atoms with E-state index in [0.717, 1.165) is 26.8 Å². The lowest BCUT2D eigenvalue weighted by Crippen LogP contribution is -2.15. The first-order valence-electron chi connectivity index (χ1n) is 8.58. The van der Waals surface area contributed by atoms with Crippen LogP contribution >= 0.6 is 23.1 Å². The number of aromatic nitrogens is 2. The first kappa shape index (κ1) is 19.4. The Morgan fingerprint density at radius 2 is 1.78 bits per heavy atom. The summed E-state index contributed by atoms with van der Waals surface area (Å²) in [6, 6.07) is 12.2. The summed E-state index contributed by atoms with van der Waals surface area (Å²) in [5, 5.41) is 15.3. The Morgan fingerprint density at radius 3 is 2.48 bits per heavy atom. The van der Waals surface area contributed by atoms with E-state index in [2.05, 4.69) is 39.9 Å². The van der Waals surface area contributed by atoms with Gasteiger partial charge in [0.1, 0.15) is 0 Å². The molecule has 0 unspecified atom stereocenters. The standard InChI is InChI=1S/C20H22N4OS2/c1-12-6-5-7-16(10-12)21-19-23-24-20(27-19)26-11-17(25)22-18-14(3)8-13(2)9-15(18)4/h5-10H,11H2,1-4H3,(H,21,23)(H,22,25). The van der Waals surface area contributed by atoms with Crippen LogP contribution < -0.4 is 10.6 Å². The van der Waals surface area contributed by atoms with E-state index in [1.165, 1.54) is 34.2 Å². The van der Waals surface area contributed by atoms with Gasteiger partial charge in [0.2, 0.25) is 11.0 Å². The molecule has 3 rings (SSSR count). The molecule has 0 aliphatic rings. The van der Waals surface area contributed by atoms with Crippen LogP contribution in [0.25, 0.3) is 0 Å². The Labute approximate surface area is 167 Å². The molecule has 1 amide bonds. The summed E-state index contributed by atoms with van der Waals surface area (Å²) in [4.78, 5) is 12.3. The number of thioether (sulfide) groups is 1. The molecule has 1 heterocycles. The number of benzene rings is 2. The first-order chi connectivity index (χ1) is 12.9. The fourth-order valence-electron chi connectivity index (χ4n) is 2.84. The summed E-state index contributed by atoms with van der Waals surface area (Å²) in [6.07, 6.45) is 0. The number of nitrogens with one attached hydrogen (secondary N) is 2. The molecule has 27 heavy (non-hydrogen) atoms. The molecule has 0 spiro atoms. The molecular weight excluding hydrogens is 376 g/mol. The quantitative estimate of drug-likeness (QED) is 0.555. The van der Waals surface area contributed by atoms with E-state index in [1.54, 1.807) is 0 Å². The lowest BCUT2D eigenvalue weighted by atomic mass is 10.1. The SMILES string of the molecule is Cc1cccc(Nc2nnc(SCC(=O)Nc3c(C)cc(C)cc3C)s2)c1. The fraction of sp³-hybridized carbons (Fsp3) is 0.250. The van der Waals surface area contributed by atoms with Crippen LogP contribution in [-0.4, -0.2) is 21.9 Å². The molecule has 1 aromatic heterocycles. The van der Waals surface area contributed by atoms with Crippen LogP contribution in [0, 0.1) is 27.7 Å². The number of nitrogens with zero attached hydrogens (tertiary/aromatic N) is 2. The van der Waals surface area contributed by atoms with Crippen molar-refractivity contribution in [1.29, 1.82) is 0 Å². The third kappa shape index (κ3) is 5.30. The molecule has 140 valence electrons. The highest BCUT2D eigenvalue weighted by Crippen LogP contribution is 2.28. The lowest BCUT2D eigenvalue weighted by molar-refractivity contribution is -0.113. The summed E-state index contributed by atoms with van der Waals surface area (Å²) in [7, 11) is 0. The van der Waals surface area contributed by atoms with Crippen molar-refractivity contribution in [3.63, 3.8) is 0 Å². The molecule has 0 atom stereocenters. The summed E-state index contributed by atoms with van der Waals surface area (Å²) < 4.78 is 0.762. The highest BCUT2D eigenvalue weighted by molar-refractivity contribution is 8.01. The van der Waals surface area contributed by atoms with Crippen molar-refractivity contribution in [2.45, 2.75) is 32.0 Å². The normalized spacial score (nSPS) is 10.7. The smallest absolute Gasteiger partial charge is 0.234 e. The minimum Gasteiger partial charge on any atom is -0.330 e. The van der Waals surface area contributed by atoms with Gasteiger partial charge in [-0.3, -0.25) is 4.79 Å². The summed E-state index contributed by atoms with van der Waals surface area (Å²) in [5.74, 6) is 0.254. The molecule has 2 aromatic carbocycles. The Balaban J connectivity index is 1.56. The van der Waals surface area contributed by atoms with Crippen molar-refractivity contribution in [2.75, 3.05) is 16.4 Å². The van der Waals surface area contributed by atoms with Gasteiger partial charge in [-0.05, 0) is 56.5 Å². The van der Waals surface area contributed by atoms with Crippen molar-refractivity contribution in [1.82, 2.24) is 10.2 Å². The van der Waals surface area contributed by atoms with Gasteiger partial charge < -0.3 is 10.6 Å². The molecule has 0 bridgehead atoms. The Bertz CT molecular complexity index is 945. The average molecular weight is 399 g/mol. The van der Waals surface area contributed by atoms with Crippen molar-refractivity contribution >= 4 is 45.5 Å². The highest BCUT2D eigenvalue weighted by Gasteiger charge is 2.11. The van der Waals surface area contributed by atoms with Crippen molar-refractivity contribution in [2.24, 2.45) is 0 Å². The van der Waals surface area contributed by atoms with Gasteiger partial charge >= 0.3 is 0 Å². The van der Waals surface area contributed by atoms with Gasteiger partial charge in [0.25, 0.3) is 0 Å². The van der Waals surface area contributed by atoms with Gasteiger partial charge in [0, 0.05) is 11.4 Å². The molecule has 3 aromatic rings. The van der Waals surface area contributed by atoms with Crippen molar-refractivity contribution in [3.05, 3.63) is 58.7 Å². The number of amides is 1. The van der Waals surface area contributed by atoms with E-state index in [0.29, 0.717) is 10.9 Å². The second-order valence-electron chi connectivity index (χ2n) is 6.48. The van der Waals surface area contributed by atoms with Gasteiger partial charge in [-0.1, -0.05) is 52.9 Å². The predicted octanol–water partition coefficient (Wildman–Crippen LogP) is 5.25. The first-order valence-corrected chi connectivity index (χ1v) is 10.4. The van der Waals surface area contributed by atoms with E-state index >= 15 is 0 Å². The van der Waals surface area contributed by atoms with Gasteiger partial charge in [-0.2, -0.15) is 0 Å². The van der Waals surface area contributed by atoms with E-state index in [-0.39, 0.29) is 5.91 Å². The van der Waals surface area contributed by atoms with Gasteiger partial charge in [-0.25, -0.2) is 0 Å². The molecule has 2 N–H and O–H groups in total. The van der Waals surface area contributed by atoms with Gasteiger partial charge in [0.05, 0.1) is 5.75 Å². The van der Waals surface area contributed by atoms with Gasteiger partial charge in [0.15, 0.2) is 4.34 Å². The van der Waals surface area contributed by atoms with Crippen molar-refractivity contribution < 1.29 is 4.79 Å². The maximum Gasteiger partial charge on any atom is 0.234 e. The second kappa shape index (κ2) is 8.54. The van der Waals surface area contributed by atoms with Crippen LogP contribution in [0.5, 0.6) is 0 Å². The zero-order valence-corrected chi connectivity index (χ0v) is 17.4. The van der Waals surface area contributed by atoms with Crippen LogP contribution in [0.2, 0.25) is 0 Å². The molecule has 0 radical (unpaired) electrons. The van der Waals surface area contributed by atoms with Crippen LogP contribution in [0.3, 0.4) is 0 Å². The predicted molar refractivity (Wildman–Crippen MR) is 114 cm³/mol. The average Bonchev–Trinajstić information content (AvgIpc) is 3.03. The van der Waals surface area contributed by atoms with E-state index in [4.69, 9.17) is 0 Å². The van der Waals surface area contributed by atoms with Crippen LogP contribution in [-0.2, 0) is 4.79 Å². The van der Waals surface area contributed by atoms with Gasteiger partial charge in [-0.15, -0.1) is 10.2 Å². The zero-order chi connectivity index (χ0) is 19.4. The number of carbonyl (C=O) groups excluding carboxylic acids is 1. The number of aryl methyl sites for hydroxylation is 4. The van der Waals surface area contributed by atoms with E-state index < -0.39 is 0 Å². The van der Waals surface area contributed by atoms with Crippen LogP contribution in [0.15, 0.2) is 40.7 Å². The zero-order valence-electron chi connectivity index (χ0n) is 15.8. The number of rotatable bonds is 6. The number of anilines is 3. The fourth-order valence-corrected chi connectivity index (χ4v) is 4.42. The topological polar surface area (TPSA) is 66.9 Å². The highest BCUT2D eigenvalue weighted by atomic mass is 32.2. The summed E-state index contributed by atoms with van der Waals surface area (Å²) in [6.45, 7) is 8.12. The summed E-state index contributed by atoms with van der Waals surface area (Å²) >= 11 is 2.83. The maximum absolute atomic E-state index is 12.3. The monoisotopic (exact) mass is 398 g/mol. The molecule has 0 saturated carbocycles. The molecule has 0 fully saturated rings. The molecule has 5 nitrogen and oxygen atoms in total. The number of carbonyl (C=O) groups is 1. The third-order valence-corrected chi connectivity index (χ3v) is 5.92. The van der Waals surface area contributed by atoms with Crippen LogP contribution in [0.4, 0.5) is 16.5 Å². The van der Waals surface area contributed by atoms with E-state index in [9.17, 15) is 4.79 Å². The molecule has 0 saturated heterocycles. The number of hydrogen-bond acceptors (Lipinski definition) is 6. The van der Waals surface area contributed by atoms with Crippen LogP contribution in [0.1, 0.15) is 22.3 Å². The van der Waals surface area contributed by atoms with Crippen molar-refractivity contribution in [3.8, 4) is 0 Å². The minimum atomic E-state index is -0.0431. The minimum absolute atomic E-state index is 0.0431. The summed E-state index contributed by atoms with van der Waals surface area (Å²) in [5.41, 5.74) is 6.39. The maximum atomic E-state index is 12.3. The molecule has 0 aliphatic heterocycles. The third-order valence-electron chi connectivity index (χ3n) is 3.94. The second-order valence-corrected chi connectivity index (χ2v) is 8.68. The number of hydrogen-bond donors (Lipinski definition) is 2. The Morgan fingerprint density at radius 1 is 1.04 bits per heavy atom. The lowest BCUT2D eigenvalue weighted by Gasteiger charge is -2.12. The Hall–Kier alpha value is -2.38. The largest absolute Gasteiger partial charge is 0.330 e. The molecule has 0 aliphatic carbocycles. The molecular formula is C20H22N4OS2. The molecule has 7 heteroatoms. The Kier molecular flexibility index (Phi) is 6.13. The van der Waals surface area contributed by atoms with E-state index in [1.807, 2.05) is 45.0 Å².